The number of benzene rings is 2. The highest BCUT2D eigenvalue weighted by molar-refractivity contribution is 5.69. The Morgan fingerprint density at radius 3 is 1.81 bits per heavy atom. The second-order valence-electron chi connectivity index (χ2n) is 4.87. The molecule has 2 N–H and O–H groups in total. The van der Waals surface area contributed by atoms with Crippen molar-refractivity contribution < 1.29 is 4.39 Å². The summed E-state index contributed by atoms with van der Waals surface area (Å²) in [4.78, 5) is 8.49. The van der Waals surface area contributed by atoms with Crippen molar-refractivity contribution in [3.05, 3.63) is 66.0 Å². The number of hydrogen-bond acceptors (Lipinski definition) is 3. The summed E-state index contributed by atoms with van der Waals surface area (Å²) in [5.74, 6) is -0.0769. The molecule has 0 aliphatic heterocycles. The first-order valence-corrected chi connectivity index (χ1v) is 6.59. The number of aryl methyl sites for hydroxylation is 1. The fourth-order valence-corrected chi connectivity index (χ4v) is 2.11. The lowest BCUT2D eigenvalue weighted by atomic mass is 10.1. The first-order chi connectivity index (χ1) is 10.1. The van der Waals surface area contributed by atoms with Gasteiger partial charge in [0.2, 0.25) is 5.95 Å². The lowest BCUT2D eigenvalue weighted by Gasteiger charge is -2.07. The number of halogens is 1. The van der Waals surface area contributed by atoms with Crippen molar-refractivity contribution in [3.8, 4) is 22.5 Å². The molecule has 2 aromatic carbocycles. The highest BCUT2D eigenvalue weighted by atomic mass is 19.1. The van der Waals surface area contributed by atoms with Crippen LogP contribution in [0.25, 0.3) is 22.5 Å². The molecular weight excluding hydrogens is 265 g/mol. The maximum absolute atomic E-state index is 13.0. The van der Waals surface area contributed by atoms with Gasteiger partial charge in [-0.15, -0.1) is 0 Å². The highest BCUT2D eigenvalue weighted by Crippen LogP contribution is 2.24. The standard InChI is InChI=1S/C17H14FN3/c1-11-2-4-12(5-3-11)15-10-16(21-17(19)20-15)13-6-8-14(18)9-7-13/h2-10H,1H3,(H2,19,20,21). The maximum atomic E-state index is 13.0. The van der Waals surface area contributed by atoms with Gasteiger partial charge in [-0.2, -0.15) is 0 Å². The first kappa shape index (κ1) is 13.2. The van der Waals surface area contributed by atoms with Crippen molar-refractivity contribution in [2.45, 2.75) is 6.92 Å². The molecule has 0 aliphatic carbocycles. The van der Waals surface area contributed by atoms with E-state index < -0.39 is 0 Å². The van der Waals surface area contributed by atoms with Crippen LogP contribution in [0.2, 0.25) is 0 Å². The Kier molecular flexibility index (Phi) is 3.36. The molecule has 0 spiro atoms. The summed E-state index contributed by atoms with van der Waals surface area (Å²) in [5, 5.41) is 0. The van der Waals surface area contributed by atoms with Crippen LogP contribution in [0, 0.1) is 12.7 Å². The van der Waals surface area contributed by atoms with E-state index in [-0.39, 0.29) is 11.8 Å². The number of nitrogens with two attached hydrogens (primary N) is 1. The highest BCUT2D eigenvalue weighted by Gasteiger charge is 2.07. The summed E-state index contributed by atoms with van der Waals surface area (Å²) in [6, 6.07) is 16.0. The van der Waals surface area contributed by atoms with Crippen LogP contribution in [0.5, 0.6) is 0 Å². The van der Waals surface area contributed by atoms with Gasteiger partial charge in [0.1, 0.15) is 5.82 Å². The average molecular weight is 279 g/mol. The Hall–Kier alpha value is -2.75. The van der Waals surface area contributed by atoms with Crippen LogP contribution in [-0.4, -0.2) is 9.97 Å². The number of nitrogen functional groups attached to an aromatic ring is 1. The van der Waals surface area contributed by atoms with Gasteiger partial charge in [-0.05, 0) is 37.3 Å². The predicted octanol–water partition coefficient (Wildman–Crippen LogP) is 3.84. The molecule has 3 rings (SSSR count). The van der Waals surface area contributed by atoms with Crippen molar-refractivity contribution in [1.82, 2.24) is 9.97 Å². The molecule has 0 bridgehead atoms. The molecule has 0 unspecified atom stereocenters. The molecule has 0 atom stereocenters. The van der Waals surface area contributed by atoms with Gasteiger partial charge in [0.25, 0.3) is 0 Å². The van der Waals surface area contributed by atoms with E-state index >= 15 is 0 Å². The summed E-state index contributed by atoms with van der Waals surface area (Å²) in [7, 11) is 0. The molecule has 0 saturated carbocycles. The number of rotatable bonds is 2. The van der Waals surface area contributed by atoms with Gasteiger partial charge < -0.3 is 5.73 Å². The predicted molar refractivity (Wildman–Crippen MR) is 82.0 cm³/mol. The molecule has 104 valence electrons. The molecule has 0 fully saturated rings. The van der Waals surface area contributed by atoms with Crippen LogP contribution in [0.3, 0.4) is 0 Å². The summed E-state index contributed by atoms with van der Waals surface area (Å²) in [6.45, 7) is 2.03. The zero-order valence-corrected chi connectivity index (χ0v) is 11.5. The topological polar surface area (TPSA) is 51.8 Å². The summed E-state index contributed by atoms with van der Waals surface area (Å²) in [5.41, 5.74) is 10.2. The fraction of sp³-hybridized carbons (Fsp3) is 0.0588. The van der Waals surface area contributed by atoms with Gasteiger partial charge >= 0.3 is 0 Å². The van der Waals surface area contributed by atoms with Crippen molar-refractivity contribution in [1.29, 1.82) is 0 Å². The van der Waals surface area contributed by atoms with Crippen LogP contribution in [-0.2, 0) is 0 Å². The van der Waals surface area contributed by atoms with Gasteiger partial charge in [-0.3, -0.25) is 0 Å². The zero-order chi connectivity index (χ0) is 14.8. The molecule has 0 aliphatic rings. The van der Waals surface area contributed by atoms with Crippen LogP contribution >= 0.6 is 0 Å². The number of anilines is 1. The van der Waals surface area contributed by atoms with Gasteiger partial charge in [0, 0.05) is 11.1 Å². The third-order valence-corrected chi connectivity index (χ3v) is 3.23. The minimum Gasteiger partial charge on any atom is -0.368 e. The van der Waals surface area contributed by atoms with Gasteiger partial charge in [-0.1, -0.05) is 29.8 Å². The molecule has 4 heteroatoms. The van der Waals surface area contributed by atoms with Crippen molar-refractivity contribution in [2.24, 2.45) is 0 Å². The van der Waals surface area contributed by atoms with Gasteiger partial charge in [-0.25, -0.2) is 14.4 Å². The maximum Gasteiger partial charge on any atom is 0.221 e. The lowest BCUT2D eigenvalue weighted by Crippen LogP contribution is -1.98. The molecule has 0 saturated heterocycles. The monoisotopic (exact) mass is 279 g/mol. The first-order valence-electron chi connectivity index (χ1n) is 6.59. The Labute approximate surface area is 122 Å². The minimum atomic E-state index is -0.278. The number of nitrogens with zero attached hydrogens (tertiary/aromatic N) is 2. The summed E-state index contributed by atoms with van der Waals surface area (Å²) < 4.78 is 13.0. The smallest absolute Gasteiger partial charge is 0.221 e. The molecule has 3 nitrogen and oxygen atoms in total. The second-order valence-corrected chi connectivity index (χ2v) is 4.87. The van der Waals surface area contributed by atoms with Crippen LogP contribution in [0.15, 0.2) is 54.6 Å². The largest absolute Gasteiger partial charge is 0.368 e. The van der Waals surface area contributed by atoms with E-state index in [1.54, 1.807) is 12.1 Å². The zero-order valence-electron chi connectivity index (χ0n) is 11.5. The SMILES string of the molecule is Cc1ccc(-c2cc(-c3ccc(F)cc3)nc(N)n2)cc1. The van der Waals surface area contributed by atoms with Crippen molar-refractivity contribution in [2.75, 3.05) is 5.73 Å². The third kappa shape index (κ3) is 2.89. The minimum absolute atomic E-state index is 0.201. The van der Waals surface area contributed by atoms with Gasteiger partial charge in [0.15, 0.2) is 0 Å². The summed E-state index contributed by atoms with van der Waals surface area (Å²) in [6.07, 6.45) is 0. The van der Waals surface area contributed by atoms with E-state index in [0.29, 0.717) is 5.69 Å². The Bertz CT molecular complexity index is 701. The third-order valence-electron chi connectivity index (χ3n) is 3.23. The number of hydrogen-bond donors (Lipinski definition) is 1. The van der Waals surface area contributed by atoms with E-state index in [9.17, 15) is 4.39 Å². The molecule has 3 aromatic rings. The fourth-order valence-electron chi connectivity index (χ4n) is 2.11. The van der Waals surface area contributed by atoms with E-state index in [4.69, 9.17) is 5.73 Å². The van der Waals surface area contributed by atoms with Crippen molar-refractivity contribution in [3.63, 3.8) is 0 Å². The molecular formula is C17H14FN3. The number of aromatic nitrogens is 2. The second kappa shape index (κ2) is 5.32. The van der Waals surface area contributed by atoms with Gasteiger partial charge in [0.05, 0.1) is 11.4 Å². The Balaban J connectivity index is 2.07. The molecule has 1 heterocycles. The van der Waals surface area contributed by atoms with Crippen LogP contribution < -0.4 is 5.73 Å². The van der Waals surface area contributed by atoms with E-state index in [1.807, 2.05) is 37.3 Å². The molecule has 0 radical (unpaired) electrons. The lowest BCUT2D eigenvalue weighted by molar-refractivity contribution is 0.628. The van der Waals surface area contributed by atoms with E-state index in [2.05, 4.69) is 9.97 Å². The van der Waals surface area contributed by atoms with E-state index in [1.165, 1.54) is 17.7 Å². The van der Waals surface area contributed by atoms with Crippen LogP contribution in [0.4, 0.5) is 10.3 Å². The Morgan fingerprint density at radius 1 is 0.810 bits per heavy atom. The van der Waals surface area contributed by atoms with Crippen molar-refractivity contribution >= 4 is 5.95 Å². The molecule has 21 heavy (non-hydrogen) atoms. The van der Waals surface area contributed by atoms with Crippen LogP contribution in [0.1, 0.15) is 5.56 Å². The quantitative estimate of drug-likeness (QED) is 0.775. The normalized spacial score (nSPS) is 10.6. The molecule has 0 amide bonds. The molecule has 1 aromatic heterocycles. The van der Waals surface area contributed by atoms with E-state index in [0.717, 1.165) is 16.8 Å². The summed E-state index contributed by atoms with van der Waals surface area (Å²) >= 11 is 0. The average Bonchev–Trinajstić information content (AvgIpc) is 2.48. The Morgan fingerprint density at radius 2 is 1.29 bits per heavy atom.